The Labute approximate surface area is 73.9 Å². The average molecular weight is 179 g/mol. The molecule has 1 heterocycles. The van der Waals surface area contributed by atoms with E-state index < -0.39 is 0 Å². The van der Waals surface area contributed by atoms with Crippen LogP contribution < -0.4 is 4.65 Å². The zero-order valence-electron chi connectivity index (χ0n) is 6.23. The zero-order valence-corrected chi connectivity index (χ0v) is 7.04. The number of fused-ring (bicyclic) bond motifs is 1. The molecule has 3 nitrogen and oxygen atoms in total. The average Bonchev–Trinajstić information content (AvgIpc) is 2.47. The van der Waals surface area contributed by atoms with E-state index in [1.54, 1.807) is 0 Å². The summed E-state index contributed by atoms with van der Waals surface area (Å²) in [5.74, 6) is 0. The molecule has 0 fully saturated rings. The third-order valence-electron chi connectivity index (χ3n) is 1.46. The maximum atomic E-state index is 8.49. The van der Waals surface area contributed by atoms with Crippen LogP contribution in [0.4, 0.5) is 0 Å². The smallest absolute Gasteiger partial charge is 0.505 e. The van der Waals surface area contributed by atoms with E-state index in [4.69, 9.17) is 9.68 Å². The second-order valence-corrected chi connectivity index (χ2v) is 3.21. The standard InChI is InChI=1S/C7H6BNO2S/c10-8-11-7-9-5-3-1-2-4-6(5)12-7/h1-4,8,10H. The summed E-state index contributed by atoms with van der Waals surface area (Å²) in [6, 6.07) is 7.75. The van der Waals surface area contributed by atoms with Crippen LogP contribution in [0, 0.1) is 0 Å². The highest BCUT2D eigenvalue weighted by Gasteiger charge is 2.02. The van der Waals surface area contributed by atoms with Crippen molar-refractivity contribution in [2.45, 2.75) is 0 Å². The molecular formula is C7H6BNO2S. The highest BCUT2D eigenvalue weighted by atomic mass is 32.1. The predicted octanol–water partition coefficient (Wildman–Crippen LogP) is 0.934. The van der Waals surface area contributed by atoms with Crippen molar-refractivity contribution in [3.8, 4) is 5.19 Å². The normalized spacial score (nSPS) is 10.1. The Balaban J connectivity index is 2.47. The number of hydrogen-bond donors (Lipinski definition) is 1. The number of thiazole rings is 1. The van der Waals surface area contributed by atoms with Crippen molar-refractivity contribution in [1.82, 2.24) is 4.98 Å². The van der Waals surface area contributed by atoms with E-state index in [1.807, 2.05) is 24.3 Å². The molecule has 2 rings (SSSR count). The highest BCUT2D eigenvalue weighted by molar-refractivity contribution is 7.20. The van der Waals surface area contributed by atoms with Gasteiger partial charge in [-0.1, -0.05) is 23.5 Å². The van der Waals surface area contributed by atoms with Crippen molar-refractivity contribution in [3.63, 3.8) is 0 Å². The molecule has 1 aromatic heterocycles. The van der Waals surface area contributed by atoms with E-state index in [0.29, 0.717) is 5.19 Å². The minimum absolute atomic E-state index is 0.320. The van der Waals surface area contributed by atoms with Gasteiger partial charge in [-0.25, -0.2) is 4.98 Å². The molecule has 0 unspecified atom stereocenters. The Morgan fingerprint density at radius 3 is 3.00 bits per heavy atom. The number of benzene rings is 1. The Morgan fingerprint density at radius 2 is 2.25 bits per heavy atom. The summed E-state index contributed by atoms with van der Waals surface area (Å²) in [4.78, 5) is 4.14. The molecule has 0 aliphatic rings. The van der Waals surface area contributed by atoms with Crippen LogP contribution in [0.3, 0.4) is 0 Å². The summed E-state index contributed by atoms with van der Waals surface area (Å²) in [5, 5.41) is 9.00. The van der Waals surface area contributed by atoms with Gasteiger partial charge in [0.15, 0.2) is 0 Å². The summed E-state index contributed by atoms with van der Waals surface area (Å²) in [6.45, 7) is 0. The molecule has 0 aliphatic heterocycles. The van der Waals surface area contributed by atoms with Gasteiger partial charge in [-0.3, -0.25) is 0 Å². The first-order valence-corrected chi connectivity index (χ1v) is 4.31. The topological polar surface area (TPSA) is 42.4 Å². The first-order valence-electron chi connectivity index (χ1n) is 3.49. The van der Waals surface area contributed by atoms with E-state index >= 15 is 0 Å². The fourth-order valence-electron chi connectivity index (χ4n) is 0.968. The van der Waals surface area contributed by atoms with Gasteiger partial charge >= 0.3 is 7.69 Å². The van der Waals surface area contributed by atoms with Gasteiger partial charge in [-0.2, -0.15) is 0 Å². The molecule has 12 heavy (non-hydrogen) atoms. The van der Waals surface area contributed by atoms with Crippen molar-refractivity contribution < 1.29 is 9.68 Å². The van der Waals surface area contributed by atoms with Crippen molar-refractivity contribution in [3.05, 3.63) is 24.3 Å². The van der Waals surface area contributed by atoms with Crippen molar-refractivity contribution in [1.29, 1.82) is 0 Å². The first-order chi connectivity index (χ1) is 5.90. The SMILES string of the molecule is OBOc1nc2ccccc2s1. The summed E-state index contributed by atoms with van der Waals surface area (Å²) < 4.78 is 5.92. The van der Waals surface area contributed by atoms with Gasteiger partial charge in [0.25, 0.3) is 5.19 Å². The van der Waals surface area contributed by atoms with Crippen molar-refractivity contribution in [2.75, 3.05) is 0 Å². The van der Waals surface area contributed by atoms with Gasteiger partial charge in [0.2, 0.25) is 0 Å². The molecule has 0 saturated carbocycles. The lowest BCUT2D eigenvalue weighted by atomic mass is 10.3. The molecule has 2 aromatic rings. The van der Waals surface area contributed by atoms with Gasteiger partial charge in [-0.05, 0) is 12.1 Å². The van der Waals surface area contributed by atoms with E-state index in [2.05, 4.69) is 4.98 Å². The molecular weight excluding hydrogens is 173 g/mol. The molecule has 0 saturated heterocycles. The lowest BCUT2D eigenvalue weighted by Crippen LogP contribution is -1.98. The van der Waals surface area contributed by atoms with Crippen LogP contribution in [0.5, 0.6) is 5.19 Å². The fourth-order valence-corrected chi connectivity index (χ4v) is 1.78. The van der Waals surface area contributed by atoms with Crippen molar-refractivity contribution in [2.24, 2.45) is 0 Å². The fraction of sp³-hybridized carbons (Fsp3) is 0. The summed E-state index contributed by atoms with van der Waals surface area (Å²) in [6.07, 6.45) is 0. The Morgan fingerprint density at radius 1 is 1.42 bits per heavy atom. The van der Waals surface area contributed by atoms with Crippen LogP contribution in [0.25, 0.3) is 10.2 Å². The van der Waals surface area contributed by atoms with Crippen LogP contribution in [-0.4, -0.2) is 17.7 Å². The molecule has 1 N–H and O–H groups in total. The minimum Gasteiger partial charge on any atom is -0.517 e. The molecule has 0 aliphatic carbocycles. The molecule has 5 heteroatoms. The van der Waals surface area contributed by atoms with E-state index in [0.717, 1.165) is 10.2 Å². The molecule has 0 amide bonds. The molecule has 0 radical (unpaired) electrons. The number of hydrogen-bond acceptors (Lipinski definition) is 4. The Bertz CT molecular complexity index is 357. The van der Waals surface area contributed by atoms with Gasteiger partial charge in [0.05, 0.1) is 10.2 Å². The van der Waals surface area contributed by atoms with Crippen LogP contribution in [-0.2, 0) is 0 Å². The first kappa shape index (κ1) is 7.58. The highest BCUT2D eigenvalue weighted by Crippen LogP contribution is 2.26. The third-order valence-corrected chi connectivity index (χ3v) is 2.41. The summed E-state index contributed by atoms with van der Waals surface area (Å²) >= 11 is 1.43. The second kappa shape index (κ2) is 3.12. The van der Waals surface area contributed by atoms with E-state index in [1.165, 1.54) is 11.3 Å². The van der Waals surface area contributed by atoms with Crippen LogP contribution in [0.1, 0.15) is 0 Å². The maximum absolute atomic E-state index is 8.49. The molecule has 0 spiro atoms. The summed E-state index contributed by atoms with van der Waals surface area (Å²) in [5.41, 5.74) is 0.908. The quantitative estimate of drug-likeness (QED) is 0.697. The lowest BCUT2D eigenvalue weighted by molar-refractivity contribution is 0.452. The van der Waals surface area contributed by atoms with Crippen LogP contribution in [0.2, 0.25) is 0 Å². The van der Waals surface area contributed by atoms with E-state index in [-0.39, 0.29) is 7.69 Å². The molecule has 1 aromatic carbocycles. The maximum Gasteiger partial charge on any atom is 0.505 e. The van der Waals surface area contributed by atoms with Crippen LogP contribution >= 0.6 is 11.3 Å². The summed E-state index contributed by atoms with van der Waals surface area (Å²) in [7, 11) is -0.320. The molecule has 60 valence electrons. The third kappa shape index (κ3) is 1.28. The number of nitrogens with zero attached hydrogens (tertiary/aromatic N) is 1. The predicted molar refractivity (Wildman–Crippen MR) is 49.6 cm³/mol. The molecule has 0 atom stereocenters. The Kier molecular flexibility index (Phi) is 1.97. The monoisotopic (exact) mass is 179 g/mol. The minimum atomic E-state index is -0.320. The van der Waals surface area contributed by atoms with E-state index in [9.17, 15) is 0 Å². The van der Waals surface area contributed by atoms with Gasteiger partial charge in [-0.15, -0.1) is 0 Å². The zero-order chi connectivity index (χ0) is 8.39. The largest absolute Gasteiger partial charge is 0.517 e. The van der Waals surface area contributed by atoms with Crippen molar-refractivity contribution >= 4 is 29.2 Å². The van der Waals surface area contributed by atoms with Crippen LogP contribution in [0.15, 0.2) is 24.3 Å². The van der Waals surface area contributed by atoms with Gasteiger partial charge in [0, 0.05) is 0 Å². The lowest BCUT2D eigenvalue weighted by Gasteiger charge is -1.90. The number of para-hydroxylation sites is 1. The second-order valence-electron chi connectivity index (χ2n) is 2.22. The van der Waals surface area contributed by atoms with Gasteiger partial charge in [0.1, 0.15) is 0 Å². The van der Waals surface area contributed by atoms with Gasteiger partial charge < -0.3 is 9.68 Å². The Hall–Kier alpha value is -1.07. The number of aromatic nitrogens is 1. The number of rotatable bonds is 2. The molecule has 0 bridgehead atoms.